The maximum Gasteiger partial charge on any atom is 0.306 e. The second-order valence-electron chi connectivity index (χ2n) is 9.06. The number of nitrogens with zero attached hydrogens (tertiary/aromatic N) is 1. The van der Waals surface area contributed by atoms with Crippen molar-refractivity contribution in [3.8, 4) is 5.75 Å². The molecule has 1 heterocycles. The van der Waals surface area contributed by atoms with E-state index in [0.29, 0.717) is 26.2 Å². The zero-order valence-electron chi connectivity index (χ0n) is 19.7. The third-order valence-electron chi connectivity index (χ3n) is 6.84. The number of carbonyl (C=O) groups excluding carboxylic acids is 2. The Balaban J connectivity index is 1.28. The van der Waals surface area contributed by atoms with Gasteiger partial charge in [0.1, 0.15) is 12.4 Å². The molecule has 174 valence electrons. The van der Waals surface area contributed by atoms with Crippen LogP contribution in [0.5, 0.6) is 5.75 Å². The summed E-state index contributed by atoms with van der Waals surface area (Å²) in [7, 11) is 0. The zero-order chi connectivity index (χ0) is 23.7. The first-order valence-corrected chi connectivity index (χ1v) is 11.9. The molecule has 0 saturated carbocycles. The second kappa shape index (κ2) is 9.34. The van der Waals surface area contributed by atoms with Gasteiger partial charge in [-0.25, -0.2) is 0 Å². The lowest BCUT2D eigenvalue weighted by molar-refractivity contribution is -0.143. The van der Waals surface area contributed by atoms with E-state index in [2.05, 4.69) is 12.1 Å². The zero-order valence-corrected chi connectivity index (χ0v) is 19.7. The van der Waals surface area contributed by atoms with Gasteiger partial charge in [-0.3, -0.25) is 9.59 Å². The highest BCUT2D eigenvalue weighted by Gasteiger charge is 2.30. The highest BCUT2D eigenvalue weighted by atomic mass is 16.5. The predicted molar refractivity (Wildman–Crippen MR) is 131 cm³/mol. The highest BCUT2D eigenvalue weighted by molar-refractivity contribution is 6.10. The van der Waals surface area contributed by atoms with Crippen LogP contribution in [0.4, 0.5) is 5.69 Å². The van der Waals surface area contributed by atoms with Crippen LogP contribution in [0.2, 0.25) is 0 Å². The predicted octanol–water partition coefficient (Wildman–Crippen LogP) is 5.72. The minimum Gasteiger partial charge on any atom is -0.489 e. The lowest BCUT2D eigenvalue weighted by Gasteiger charge is -2.16. The summed E-state index contributed by atoms with van der Waals surface area (Å²) >= 11 is 0. The summed E-state index contributed by atoms with van der Waals surface area (Å²) in [6.45, 7) is 5.25. The molecule has 3 aromatic rings. The molecular weight excluding hydrogens is 426 g/mol. The van der Waals surface area contributed by atoms with Gasteiger partial charge in [-0.2, -0.15) is 0 Å². The summed E-state index contributed by atoms with van der Waals surface area (Å²) in [4.78, 5) is 26.8. The van der Waals surface area contributed by atoms with E-state index >= 15 is 0 Å². The Morgan fingerprint density at radius 2 is 1.91 bits per heavy atom. The Hall–Kier alpha value is -3.60. The summed E-state index contributed by atoms with van der Waals surface area (Å²) in [5.74, 6) is 0.936. The molecule has 0 spiro atoms. The van der Waals surface area contributed by atoms with Crippen LogP contribution in [0.3, 0.4) is 0 Å². The van der Waals surface area contributed by atoms with Crippen LogP contribution >= 0.6 is 0 Å². The van der Waals surface area contributed by atoms with Gasteiger partial charge < -0.3 is 14.4 Å². The van der Waals surface area contributed by atoms with Gasteiger partial charge in [0.2, 0.25) is 0 Å². The topological polar surface area (TPSA) is 55.8 Å². The van der Waals surface area contributed by atoms with Crippen molar-refractivity contribution in [3.63, 3.8) is 0 Å². The lowest BCUT2D eigenvalue weighted by Crippen LogP contribution is -2.22. The van der Waals surface area contributed by atoms with Crippen molar-refractivity contribution in [2.24, 2.45) is 0 Å². The fourth-order valence-electron chi connectivity index (χ4n) is 5.03. The van der Waals surface area contributed by atoms with Gasteiger partial charge in [0.05, 0.1) is 19.6 Å². The number of benzene rings is 3. The van der Waals surface area contributed by atoms with Crippen LogP contribution in [0, 0.1) is 6.92 Å². The summed E-state index contributed by atoms with van der Waals surface area (Å²) < 4.78 is 11.3. The molecule has 34 heavy (non-hydrogen) atoms. The maximum absolute atomic E-state index is 13.0. The SMILES string of the molecule is CCOC(=O)C[C@@H]1CCc2cc(OCc3cccc4c3CN(c3ccc(C)cc3)C4=O)ccc21. The van der Waals surface area contributed by atoms with Gasteiger partial charge in [0.25, 0.3) is 5.91 Å². The third-order valence-corrected chi connectivity index (χ3v) is 6.84. The molecule has 3 aromatic carbocycles. The molecule has 1 aliphatic heterocycles. The van der Waals surface area contributed by atoms with Gasteiger partial charge >= 0.3 is 5.97 Å². The monoisotopic (exact) mass is 455 g/mol. The molecule has 5 nitrogen and oxygen atoms in total. The molecule has 5 heteroatoms. The molecule has 0 aromatic heterocycles. The maximum atomic E-state index is 13.0. The van der Waals surface area contributed by atoms with E-state index in [9.17, 15) is 9.59 Å². The number of hydrogen-bond donors (Lipinski definition) is 0. The average molecular weight is 456 g/mol. The van der Waals surface area contributed by atoms with Crippen LogP contribution < -0.4 is 9.64 Å². The fraction of sp³-hybridized carbons (Fsp3) is 0.310. The van der Waals surface area contributed by atoms with Crippen molar-refractivity contribution in [2.75, 3.05) is 11.5 Å². The number of rotatable bonds is 7. The average Bonchev–Trinajstić information content (AvgIpc) is 3.39. The van der Waals surface area contributed by atoms with Crippen molar-refractivity contribution in [2.45, 2.75) is 52.2 Å². The molecule has 0 fully saturated rings. The van der Waals surface area contributed by atoms with Crippen LogP contribution in [0.1, 0.15) is 63.9 Å². The van der Waals surface area contributed by atoms with Crippen LogP contribution in [-0.4, -0.2) is 18.5 Å². The smallest absolute Gasteiger partial charge is 0.306 e. The number of anilines is 1. The number of fused-ring (bicyclic) bond motifs is 2. The number of amides is 1. The molecule has 0 saturated heterocycles. The van der Waals surface area contributed by atoms with E-state index in [1.54, 1.807) is 0 Å². The molecule has 0 radical (unpaired) electrons. The Labute approximate surface area is 200 Å². The minimum absolute atomic E-state index is 0.0332. The van der Waals surface area contributed by atoms with Gasteiger partial charge in [-0.1, -0.05) is 35.9 Å². The van der Waals surface area contributed by atoms with E-state index in [4.69, 9.17) is 9.47 Å². The number of ether oxygens (including phenoxy) is 2. The molecule has 5 rings (SSSR count). The Morgan fingerprint density at radius 1 is 1.09 bits per heavy atom. The van der Waals surface area contributed by atoms with Crippen molar-refractivity contribution in [1.82, 2.24) is 0 Å². The van der Waals surface area contributed by atoms with Gasteiger partial charge in [0.15, 0.2) is 0 Å². The van der Waals surface area contributed by atoms with Crippen molar-refractivity contribution < 1.29 is 19.1 Å². The Morgan fingerprint density at radius 3 is 2.71 bits per heavy atom. The van der Waals surface area contributed by atoms with Crippen molar-refractivity contribution in [3.05, 3.63) is 94.0 Å². The number of esters is 1. The standard InChI is InChI=1S/C29H29NO4/c1-3-33-28(31)16-21-10-9-20-15-24(13-14-25(20)21)34-18-22-5-4-6-26-27(22)17-30(29(26)32)23-11-7-19(2)8-12-23/h4-8,11-15,21H,3,9-10,16-18H2,1-2H3/t21-/m0/s1. The van der Waals surface area contributed by atoms with Crippen molar-refractivity contribution in [1.29, 1.82) is 0 Å². The van der Waals surface area contributed by atoms with E-state index in [1.165, 1.54) is 16.7 Å². The summed E-state index contributed by atoms with van der Waals surface area (Å²) in [5, 5.41) is 0. The molecule has 0 N–H and O–H groups in total. The molecule has 2 aliphatic rings. The number of carbonyl (C=O) groups is 2. The first-order chi connectivity index (χ1) is 16.5. The van der Waals surface area contributed by atoms with Gasteiger partial charge in [-0.15, -0.1) is 0 Å². The normalized spacial score (nSPS) is 16.4. The minimum atomic E-state index is -0.132. The molecule has 0 unspecified atom stereocenters. The quantitative estimate of drug-likeness (QED) is 0.428. The van der Waals surface area contributed by atoms with E-state index in [-0.39, 0.29) is 17.8 Å². The molecule has 1 amide bonds. The Kier molecular flexibility index (Phi) is 6.10. The fourth-order valence-corrected chi connectivity index (χ4v) is 5.03. The van der Waals surface area contributed by atoms with Gasteiger partial charge in [0, 0.05) is 11.3 Å². The molecule has 0 bridgehead atoms. The van der Waals surface area contributed by atoms with Crippen molar-refractivity contribution >= 4 is 17.6 Å². The second-order valence-corrected chi connectivity index (χ2v) is 9.06. The molecular formula is C29H29NO4. The van der Waals surface area contributed by atoms with Crippen LogP contribution in [0.25, 0.3) is 0 Å². The Bertz CT molecular complexity index is 1230. The van der Waals surface area contributed by atoms with E-state index in [0.717, 1.165) is 41.0 Å². The first kappa shape index (κ1) is 22.2. The summed E-state index contributed by atoms with van der Waals surface area (Å²) in [5.41, 5.74) is 7.35. The van der Waals surface area contributed by atoms with Gasteiger partial charge in [-0.05, 0) is 85.2 Å². The number of hydrogen-bond acceptors (Lipinski definition) is 4. The largest absolute Gasteiger partial charge is 0.489 e. The molecule has 1 atom stereocenters. The summed E-state index contributed by atoms with van der Waals surface area (Å²) in [6, 6.07) is 20.1. The molecule has 1 aliphatic carbocycles. The van der Waals surface area contributed by atoms with E-state index in [1.807, 2.05) is 67.3 Å². The lowest BCUT2D eigenvalue weighted by atomic mass is 9.98. The van der Waals surface area contributed by atoms with E-state index < -0.39 is 0 Å². The first-order valence-electron chi connectivity index (χ1n) is 11.9. The highest BCUT2D eigenvalue weighted by Crippen LogP contribution is 2.38. The summed E-state index contributed by atoms with van der Waals surface area (Å²) in [6.07, 6.45) is 2.33. The number of aryl methyl sites for hydroxylation is 2. The van der Waals surface area contributed by atoms with Crippen LogP contribution in [0.15, 0.2) is 60.7 Å². The third kappa shape index (κ3) is 4.30. The van der Waals surface area contributed by atoms with Crippen LogP contribution in [-0.2, 0) is 29.1 Å².